The standard InChI is InChI=1S/C24H21F2N3O5S/c1-27-23(31)22(30)21-24(32)28-8-9-34-10-16(28)20(29(21)33)18-12-6-7-15(25)19(26)14(12)11-35-17-5-3-2-4-13(17)18/h2-7,16,18,20,30,33H,1,8-11H2/b22-21+. The Bertz CT molecular complexity index is 1270. The maximum absolute atomic E-state index is 15.0. The van der Waals surface area contributed by atoms with E-state index in [0.29, 0.717) is 10.6 Å². The number of hydrogen-bond acceptors (Lipinski definition) is 7. The average molecular weight is 502 g/mol. The molecule has 3 atom stereocenters. The van der Waals surface area contributed by atoms with Crippen molar-refractivity contribution in [2.24, 2.45) is 4.99 Å². The number of carbonyl (C=O) groups is 2. The number of morpholine rings is 1. The maximum Gasteiger partial charge on any atom is 0.313 e. The molecule has 2 aromatic rings. The largest absolute Gasteiger partial charge is 0.501 e. The zero-order valence-corrected chi connectivity index (χ0v) is 19.2. The Kier molecular flexibility index (Phi) is 6.07. The fraction of sp³-hybridized carbons (Fsp3) is 0.292. The van der Waals surface area contributed by atoms with Gasteiger partial charge in [0.2, 0.25) is 5.76 Å². The van der Waals surface area contributed by atoms with Crippen LogP contribution in [0.4, 0.5) is 8.78 Å². The van der Waals surface area contributed by atoms with E-state index in [4.69, 9.17) is 4.74 Å². The number of aliphatic hydroxyl groups is 1. The molecule has 3 heterocycles. The number of thioether (sulfide) groups is 1. The maximum atomic E-state index is 15.0. The molecule has 3 aliphatic heterocycles. The second-order valence-electron chi connectivity index (χ2n) is 8.37. The predicted molar refractivity (Wildman–Crippen MR) is 122 cm³/mol. The van der Waals surface area contributed by atoms with Crippen LogP contribution < -0.4 is 0 Å². The van der Waals surface area contributed by atoms with Gasteiger partial charge in [-0.15, -0.1) is 11.8 Å². The van der Waals surface area contributed by atoms with Crippen molar-refractivity contribution in [1.82, 2.24) is 9.96 Å². The Morgan fingerprint density at radius 3 is 2.74 bits per heavy atom. The number of amides is 2. The number of rotatable bonds is 2. The van der Waals surface area contributed by atoms with Crippen LogP contribution in [0.25, 0.3) is 0 Å². The van der Waals surface area contributed by atoms with Crippen LogP contribution in [0.5, 0.6) is 0 Å². The van der Waals surface area contributed by atoms with Gasteiger partial charge in [-0.1, -0.05) is 24.3 Å². The fourth-order valence-corrected chi connectivity index (χ4v) is 6.18. The van der Waals surface area contributed by atoms with Gasteiger partial charge in [-0.2, -0.15) is 0 Å². The zero-order chi connectivity index (χ0) is 24.9. The molecular formula is C24H21F2N3O5S. The van der Waals surface area contributed by atoms with Crippen LogP contribution in [0.1, 0.15) is 22.6 Å². The summed E-state index contributed by atoms with van der Waals surface area (Å²) in [5.41, 5.74) is 0.642. The van der Waals surface area contributed by atoms with E-state index in [-0.39, 0.29) is 31.1 Å². The molecule has 0 aromatic heterocycles. The Labute approximate surface area is 203 Å². The Hall–Kier alpha value is -3.28. The summed E-state index contributed by atoms with van der Waals surface area (Å²) in [7, 11) is 0. The molecule has 3 unspecified atom stereocenters. The van der Waals surface area contributed by atoms with Gasteiger partial charge in [0.05, 0.1) is 25.3 Å². The number of carbonyl (C=O) groups excluding carboxylic acids is 2. The summed E-state index contributed by atoms with van der Waals surface area (Å²) in [6, 6.07) is 8.06. The van der Waals surface area contributed by atoms with Crippen molar-refractivity contribution >= 4 is 30.3 Å². The van der Waals surface area contributed by atoms with Crippen molar-refractivity contribution in [1.29, 1.82) is 0 Å². The molecule has 2 aromatic carbocycles. The highest BCUT2D eigenvalue weighted by molar-refractivity contribution is 7.98. The van der Waals surface area contributed by atoms with Gasteiger partial charge >= 0.3 is 5.91 Å². The quantitative estimate of drug-likeness (QED) is 0.371. The molecule has 11 heteroatoms. The van der Waals surface area contributed by atoms with Gasteiger partial charge < -0.3 is 14.7 Å². The first-order chi connectivity index (χ1) is 16.8. The highest BCUT2D eigenvalue weighted by Crippen LogP contribution is 2.47. The van der Waals surface area contributed by atoms with E-state index in [1.54, 1.807) is 6.07 Å². The Morgan fingerprint density at radius 2 is 1.97 bits per heavy atom. The van der Waals surface area contributed by atoms with Crippen molar-refractivity contribution in [3.05, 3.63) is 76.2 Å². The van der Waals surface area contributed by atoms with Crippen LogP contribution in [0.3, 0.4) is 0 Å². The molecule has 2 saturated heterocycles. The molecule has 3 aliphatic rings. The molecule has 182 valence electrons. The predicted octanol–water partition coefficient (Wildman–Crippen LogP) is 3.00. The van der Waals surface area contributed by atoms with Gasteiger partial charge in [-0.3, -0.25) is 14.8 Å². The normalized spacial score (nSPS) is 25.2. The molecule has 0 radical (unpaired) electrons. The molecule has 2 N–H and O–H groups in total. The number of aliphatic hydroxyl groups excluding tert-OH is 1. The first-order valence-corrected chi connectivity index (χ1v) is 11.8. The molecule has 5 rings (SSSR count). The fourth-order valence-electron chi connectivity index (χ4n) is 5.05. The summed E-state index contributed by atoms with van der Waals surface area (Å²) in [4.78, 5) is 30.7. The van der Waals surface area contributed by atoms with Gasteiger partial charge in [-0.05, 0) is 30.0 Å². The minimum atomic E-state index is -1.18. The second-order valence-corrected chi connectivity index (χ2v) is 9.39. The first kappa shape index (κ1) is 23.5. The van der Waals surface area contributed by atoms with E-state index in [0.717, 1.165) is 16.5 Å². The highest BCUT2D eigenvalue weighted by Gasteiger charge is 2.51. The lowest BCUT2D eigenvalue weighted by molar-refractivity contribution is -0.186. The van der Waals surface area contributed by atoms with Gasteiger partial charge in [0.25, 0.3) is 5.91 Å². The van der Waals surface area contributed by atoms with Gasteiger partial charge in [-0.25, -0.2) is 18.8 Å². The minimum absolute atomic E-state index is 0.0555. The van der Waals surface area contributed by atoms with Crippen LogP contribution in [0.2, 0.25) is 0 Å². The molecule has 2 amide bonds. The summed E-state index contributed by atoms with van der Waals surface area (Å²) >= 11 is 1.33. The van der Waals surface area contributed by atoms with Gasteiger partial charge in [0, 0.05) is 28.7 Å². The van der Waals surface area contributed by atoms with Crippen molar-refractivity contribution in [2.45, 2.75) is 28.6 Å². The number of ether oxygens (including phenoxy) is 1. The van der Waals surface area contributed by atoms with Gasteiger partial charge in [0.1, 0.15) is 0 Å². The summed E-state index contributed by atoms with van der Waals surface area (Å²) in [6.07, 6.45) is 0. The van der Waals surface area contributed by atoms with Crippen LogP contribution in [0, 0.1) is 11.6 Å². The monoisotopic (exact) mass is 501 g/mol. The van der Waals surface area contributed by atoms with E-state index in [1.807, 2.05) is 18.2 Å². The molecule has 35 heavy (non-hydrogen) atoms. The lowest BCUT2D eigenvalue weighted by atomic mass is 9.78. The number of aliphatic imine (C=N–C) groups is 1. The highest BCUT2D eigenvalue weighted by atomic mass is 32.2. The molecule has 0 saturated carbocycles. The number of halogens is 2. The van der Waals surface area contributed by atoms with Crippen molar-refractivity contribution in [3.8, 4) is 0 Å². The summed E-state index contributed by atoms with van der Waals surface area (Å²) in [5.74, 6) is -5.59. The molecule has 8 nitrogen and oxygen atoms in total. The van der Waals surface area contributed by atoms with Crippen LogP contribution in [-0.2, 0) is 20.1 Å². The topological polar surface area (TPSA) is 103 Å². The third-order valence-electron chi connectivity index (χ3n) is 6.64. The molecule has 0 spiro atoms. The van der Waals surface area contributed by atoms with E-state index in [9.17, 15) is 24.3 Å². The molecule has 0 aliphatic carbocycles. The summed E-state index contributed by atoms with van der Waals surface area (Å²) < 4.78 is 34.9. The Balaban J connectivity index is 1.77. The van der Waals surface area contributed by atoms with Gasteiger partial charge in [0.15, 0.2) is 17.3 Å². The van der Waals surface area contributed by atoms with Crippen LogP contribution >= 0.6 is 11.8 Å². The number of benzene rings is 2. The number of hydroxylamine groups is 2. The van der Waals surface area contributed by atoms with Crippen molar-refractivity contribution in [2.75, 3.05) is 19.8 Å². The number of fused-ring (bicyclic) bond motifs is 3. The van der Waals surface area contributed by atoms with E-state index in [1.165, 1.54) is 22.7 Å². The minimum Gasteiger partial charge on any atom is -0.501 e. The second kappa shape index (κ2) is 9.06. The summed E-state index contributed by atoms with van der Waals surface area (Å²) in [5, 5.41) is 22.5. The molecular weight excluding hydrogens is 480 g/mol. The third kappa shape index (κ3) is 3.70. The lowest BCUT2D eigenvalue weighted by Gasteiger charge is -2.50. The van der Waals surface area contributed by atoms with Crippen molar-refractivity contribution < 1.29 is 33.4 Å². The van der Waals surface area contributed by atoms with E-state index < -0.39 is 52.9 Å². The smallest absolute Gasteiger partial charge is 0.313 e. The zero-order valence-electron chi connectivity index (χ0n) is 18.4. The van der Waals surface area contributed by atoms with Crippen LogP contribution in [-0.4, -0.2) is 70.7 Å². The number of nitrogens with zero attached hydrogens (tertiary/aromatic N) is 3. The lowest BCUT2D eigenvalue weighted by Crippen LogP contribution is -2.66. The van der Waals surface area contributed by atoms with Crippen molar-refractivity contribution in [3.63, 3.8) is 0 Å². The SMILES string of the molecule is C=NC(=O)/C(O)=C1/C(=O)N2CCOCC2C(C2c3ccccc3SCc3c2ccc(F)c3F)N1O. The number of hydrogen-bond donors (Lipinski definition) is 2. The average Bonchev–Trinajstić information content (AvgIpc) is 3.03. The molecule has 0 bridgehead atoms. The Morgan fingerprint density at radius 1 is 1.20 bits per heavy atom. The van der Waals surface area contributed by atoms with E-state index in [2.05, 4.69) is 11.7 Å². The third-order valence-corrected chi connectivity index (χ3v) is 7.76. The molecule has 2 fully saturated rings. The first-order valence-electron chi connectivity index (χ1n) is 10.8. The van der Waals surface area contributed by atoms with E-state index >= 15 is 4.39 Å². The number of piperazine rings is 1. The summed E-state index contributed by atoms with van der Waals surface area (Å²) in [6.45, 7) is 3.51. The van der Waals surface area contributed by atoms with Crippen LogP contribution in [0.15, 0.2) is 57.7 Å².